The fraction of sp³-hybridized carbons (Fsp3) is 0.850. The van der Waals surface area contributed by atoms with Crippen molar-refractivity contribution in [1.82, 2.24) is 4.90 Å². The minimum absolute atomic E-state index is 0.000532. The first-order valence-electron chi connectivity index (χ1n) is 9.65. The van der Waals surface area contributed by atoms with Crippen LogP contribution in [-0.4, -0.2) is 45.3 Å². The van der Waals surface area contributed by atoms with Crippen LogP contribution in [0.5, 0.6) is 0 Å². The first-order chi connectivity index (χ1) is 11.3. The summed E-state index contributed by atoms with van der Waals surface area (Å²) < 4.78 is 0. The number of aliphatic hydroxyl groups is 2. The molecule has 9 aliphatic rings. The lowest BCUT2D eigenvalue weighted by Gasteiger charge is -2.65. The Kier molecular flexibility index (Phi) is 1.79. The quantitative estimate of drug-likeness (QED) is 0.659. The van der Waals surface area contributed by atoms with E-state index in [0.717, 1.165) is 25.8 Å². The maximum Gasteiger partial charge on any atom is 0.134 e. The number of carbonyl (C=O) groups excluding carboxylic acids is 1. The molecule has 0 aromatic heterocycles. The van der Waals surface area contributed by atoms with Crippen LogP contribution in [0.25, 0.3) is 0 Å². The van der Waals surface area contributed by atoms with Gasteiger partial charge in [0.2, 0.25) is 0 Å². The summed E-state index contributed by atoms with van der Waals surface area (Å²) in [5, 5.41) is 23.0. The van der Waals surface area contributed by atoms with E-state index in [4.69, 9.17) is 0 Å². The van der Waals surface area contributed by atoms with Crippen molar-refractivity contribution in [2.75, 3.05) is 6.54 Å². The largest absolute Gasteiger partial charge is 0.392 e. The number of nitrogens with zero attached hydrogens (tertiary/aromatic N) is 1. The van der Waals surface area contributed by atoms with Crippen molar-refractivity contribution in [3.05, 3.63) is 12.2 Å². The van der Waals surface area contributed by atoms with Crippen LogP contribution in [-0.2, 0) is 4.79 Å². The molecule has 4 nitrogen and oxygen atoms in total. The average Bonchev–Trinajstić information content (AvgIpc) is 2.80. The molecule has 4 heteroatoms. The molecule has 9 fully saturated rings. The summed E-state index contributed by atoms with van der Waals surface area (Å²) >= 11 is 0. The molecule has 2 N–H and O–H groups in total. The van der Waals surface area contributed by atoms with Crippen molar-refractivity contribution in [1.29, 1.82) is 0 Å². The molecule has 0 aromatic carbocycles. The molecule has 6 aliphatic carbocycles. The highest BCUT2D eigenvalue weighted by Gasteiger charge is 2.92. The lowest BCUT2D eigenvalue weighted by Crippen LogP contribution is -2.67. The number of aliphatic hydroxyl groups excluding tert-OH is 1. The Morgan fingerprint density at radius 1 is 1.29 bits per heavy atom. The van der Waals surface area contributed by atoms with Crippen LogP contribution in [0.1, 0.15) is 39.0 Å². The third kappa shape index (κ3) is 0.926. The summed E-state index contributed by atoms with van der Waals surface area (Å²) in [6, 6.07) is 0.219. The van der Waals surface area contributed by atoms with Crippen molar-refractivity contribution in [2.24, 2.45) is 39.9 Å². The molecule has 3 saturated heterocycles. The third-order valence-corrected chi connectivity index (χ3v) is 10.0. The highest BCUT2D eigenvalue weighted by molar-refractivity contribution is 5.82. The molecular weight excluding hydrogens is 302 g/mol. The Balaban J connectivity index is 1.56. The fourth-order valence-corrected chi connectivity index (χ4v) is 10.4. The van der Waals surface area contributed by atoms with Gasteiger partial charge in [0.25, 0.3) is 0 Å². The Bertz CT molecular complexity index is 764. The molecule has 6 saturated carbocycles. The molecule has 9 bridgehead atoms. The van der Waals surface area contributed by atoms with Gasteiger partial charge in [-0.05, 0) is 36.0 Å². The van der Waals surface area contributed by atoms with Crippen molar-refractivity contribution in [3.63, 3.8) is 0 Å². The minimum atomic E-state index is -0.739. The molecule has 3 heterocycles. The highest BCUT2D eigenvalue weighted by Crippen LogP contribution is 2.88. The Morgan fingerprint density at radius 2 is 2.08 bits per heavy atom. The lowest BCUT2D eigenvalue weighted by atomic mass is 9.40. The average molecular weight is 327 g/mol. The number of fused-ring (bicyclic) bond motifs is 1. The molecular formula is C20H25NO3. The number of hydrogen-bond donors (Lipinski definition) is 2. The van der Waals surface area contributed by atoms with Gasteiger partial charge in [0.1, 0.15) is 11.5 Å². The zero-order chi connectivity index (χ0) is 16.4. The smallest absolute Gasteiger partial charge is 0.134 e. The molecule has 0 radical (unpaired) electrons. The van der Waals surface area contributed by atoms with Gasteiger partial charge in [-0.3, -0.25) is 9.69 Å². The van der Waals surface area contributed by atoms with Crippen LogP contribution in [0.15, 0.2) is 12.2 Å². The molecule has 0 aromatic rings. The van der Waals surface area contributed by atoms with Crippen molar-refractivity contribution < 1.29 is 15.0 Å². The molecule has 2 spiro atoms. The van der Waals surface area contributed by atoms with E-state index in [-0.39, 0.29) is 46.1 Å². The zero-order valence-corrected chi connectivity index (χ0v) is 14.2. The van der Waals surface area contributed by atoms with E-state index < -0.39 is 5.72 Å². The van der Waals surface area contributed by atoms with Crippen LogP contribution in [0.2, 0.25) is 0 Å². The number of hydrogen-bond acceptors (Lipinski definition) is 4. The maximum absolute atomic E-state index is 12.8. The van der Waals surface area contributed by atoms with Gasteiger partial charge in [-0.25, -0.2) is 0 Å². The van der Waals surface area contributed by atoms with Crippen LogP contribution >= 0.6 is 0 Å². The van der Waals surface area contributed by atoms with E-state index in [0.29, 0.717) is 24.5 Å². The standard InChI is InChI=1S/C20H25NO3/c1-9-4-18-7-20(24)16-17(2)5-10(22)6-19(16)12(18)3-11(9)14(23)13(18)15(19)21(20)8-17/h11-16,23-24H,1,3-8H2,2H3. The van der Waals surface area contributed by atoms with Crippen LogP contribution in [0, 0.1) is 39.9 Å². The van der Waals surface area contributed by atoms with Crippen LogP contribution in [0.3, 0.4) is 0 Å². The first-order valence-corrected chi connectivity index (χ1v) is 9.65. The number of ketones is 1. The van der Waals surface area contributed by atoms with E-state index in [1.165, 1.54) is 5.57 Å². The summed E-state index contributed by atoms with van der Waals surface area (Å²) in [5.41, 5.74) is 0.319. The Hall–Kier alpha value is -0.710. The molecule has 9 rings (SSSR count). The Morgan fingerprint density at radius 3 is 2.88 bits per heavy atom. The summed E-state index contributed by atoms with van der Waals surface area (Å²) in [4.78, 5) is 15.1. The maximum atomic E-state index is 12.8. The summed E-state index contributed by atoms with van der Waals surface area (Å²) in [6.07, 6.45) is 3.72. The van der Waals surface area contributed by atoms with Gasteiger partial charge < -0.3 is 10.2 Å². The predicted octanol–water partition coefficient (Wildman–Crippen LogP) is 1.32. The van der Waals surface area contributed by atoms with Crippen LogP contribution in [0.4, 0.5) is 0 Å². The summed E-state index contributed by atoms with van der Waals surface area (Å²) in [6.45, 7) is 7.37. The second kappa shape index (κ2) is 3.19. The molecule has 3 aliphatic heterocycles. The number of Topliss-reactive ketones (excluding diaryl/α,β-unsaturated/α-hetero) is 1. The monoisotopic (exact) mass is 327 g/mol. The molecule has 11 atom stereocenters. The van der Waals surface area contributed by atoms with E-state index in [9.17, 15) is 15.0 Å². The van der Waals surface area contributed by atoms with Gasteiger partial charge in [0, 0.05) is 48.6 Å². The second-order valence-corrected chi connectivity index (χ2v) is 10.7. The van der Waals surface area contributed by atoms with E-state index in [1.807, 2.05) is 0 Å². The van der Waals surface area contributed by atoms with Crippen molar-refractivity contribution >= 4 is 5.78 Å². The molecule has 128 valence electrons. The van der Waals surface area contributed by atoms with Crippen molar-refractivity contribution in [3.8, 4) is 0 Å². The topological polar surface area (TPSA) is 60.8 Å². The first kappa shape index (κ1) is 13.5. The van der Waals surface area contributed by atoms with Gasteiger partial charge >= 0.3 is 0 Å². The number of rotatable bonds is 0. The van der Waals surface area contributed by atoms with E-state index >= 15 is 0 Å². The van der Waals surface area contributed by atoms with Gasteiger partial charge in [-0.15, -0.1) is 0 Å². The SMILES string of the molecule is C=C1CC23CC4(O)C5C6(C)CC(=O)CC57C(C2C(O)C1CC37)N4C6. The van der Waals surface area contributed by atoms with Gasteiger partial charge in [0.15, 0.2) is 0 Å². The highest BCUT2D eigenvalue weighted by atomic mass is 16.3. The zero-order valence-electron chi connectivity index (χ0n) is 14.2. The predicted molar refractivity (Wildman–Crippen MR) is 85.6 cm³/mol. The number of carbonyl (C=O) groups is 1. The molecule has 0 amide bonds. The Labute approximate surface area is 141 Å². The minimum Gasteiger partial charge on any atom is -0.392 e. The van der Waals surface area contributed by atoms with E-state index in [1.54, 1.807) is 0 Å². The van der Waals surface area contributed by atoms with Crippen LogP contribution < -0.4 is 0 Å². The molecule has 24 heavy (non-hydrogen) atoms. The summed E-state index contributed by atoms with van der Waals surface area (Å²) in [7, 11) is 0. The van der Waals surface area contributed by atoms with Gasteiger partial charge in [-0.1, -0.05) is 19.1 Å². The van der Waals surface area contributed by atoms with Gasteiger partial charge in [-0.2, -0.15) is 0 Å². The summed E-state index contributed by atoms with van der Waals surface area (Å²) in [5.74, 6) is 1.58. The van der Waals surface area contributed by atoms with Crippen molar-refractivity contribution in [2.45, 2.75) is 56.9 Å². The van der Waals surface area contributed by atoms with E-state index in [2.05, 4.69) is 18.4 Å². The third-order valence-electron chi connectivity index (χ3n) is 10.0. The molecule has 11 unspecified atom stereocenters. The van der Waals surface area contributed by atoms with Gasteiger partial charge in [0.05, 0.1) is 6.10 Å². The normalized spacial score (nSPS) is 73.0. The fourth-order valence-electron chi connectivity index (χ4n) is 10.4. The second-order valence-electron chi connectivity index (χ2n) is 10.7. The lowest BCUT2D eigenvalue weighted by molar-refractivity contribution is -0.239. The number of piperidine rings is 2.